The van der Waals surface area contributed by atoms with Crippen LogP contribution in [0, 0.1) is 0 Å². The van der Waals surface area contributed by atoms with Crippen LogP contribution in [0.2, 0.25) is 0 Å². The minimum absolute atomic E-state index is 0.199. The van der Waals surface area contributed by atoms with Gasteiger partial charge in [-0.15, -0.1) is 0 Å². The van der Waals surface area contributed by atoms with Crippen LogP contribution in [0.5, 0.6) is 0 Å². The van der Waals surface area contributed by atoms with Crippen molar-refractivity contribution >= 4 is 9.84 Å². The number of halogens is 3. The number of aryl methyl sites for hydroxylation is 1. The smallest absolute Gasteiger partial charge is 0.390 e. The summed E-state index contributed by atoms with van der Waals surface area (Å²) in [5, 5.41) is 9.81. The van der Waals surface area contributed by atoms with Crippen molar-refractivity contribution in [3.8, 4) is 0 Å². The van der Waals surface area contributed by atoms with Crippen molar-refractivity contribution in [2.24, 2.45) is 0 Å². The van der Waals surface area contributed by atoms with Gasteiger partial charge in [0.1, 0.15) is 0 Å². The average molecular weight is 362 g/mol. The van der Waals surface area contributed by atoms with Crippen LogP contribution < -0.4 is 0 Å². The van der Waals surface area contributed by atoms with Crippen LogP contribution >= 0.6 is 0 Å². The number of sulfone groups is 1. The molecule has 1 aromatic rings. The van der Waals surface area contributed by atoms with Gasteiger partial charge in [-0.25, -0.2) is 8.42 Å². The molecule has 24 heavy (non-hydrogen) atoms. The van der Waals surface area contributed by atoms with Crippen LogP contribution in [0.25, 0.3) is 0 Å². The van der Waals surface area contributed by atoms with E-state index in [0.29, 0.717) is 24.8 Å². The highest BCUT2D eigenvalue weighted by molar-refractivity contribution is 7.92. The number of benzene rings is 1. The van der Waals surface area contributed by atoms with Gasteiger partial charge in [0.15, 0.2) is 9.84 Å². The van der Waals surface area contributed by atoms with Crippen molar-refractivity contribution in [2.75, 3.05) is 0 Å². The molecule has 3 rings (SSSR count). The zero-order valence-electron chi connectivity index (χ0n) is 13.2. The van der Waals surface area contributed by atoms with E-state index in [1.54, 1.807) is 6.07 Å². The van der Waals surface area contributed by atoms with E-state index in [1.165, 1.54) is 6.07 Å². The Morgan fingerprint density at radius 1 is 1.17 bits per heavy atom. The Kier molecular flexibility index (Phi) is 4.45. The van der Waals surface area contributed by atoms with Crippen molar-refractivity contribution in [1.82, 2.24) is 0 Å². The highest BCUT2D eigenvalue weighted by Gasteiger charge is 2.49. The van der Waals surface area contributed by atoms with Crippen molar-refractivity contribution < 1.29 is 26.7 Å². The number of rotatable bonds is 3. The topological polar surface area (TPSA) is 54.4 Å². The van der Waals surface area contributed by atoms with Crippen LogP contribution in [0.15, 0.2) is 24.3 Å². The molecule has 2 bridgehead atoms. The Morgan fingerprint density at radius 3 is 2.38 bits per heavy atom. The maximum Gasteiger partial charge on any atom is 0.416 e. The Hall–Kier alpha value is -1.08. The summed E-state index contributed by atoms with van der Waals surface area (Å²) in [5.41, 5.74) is -1.29. The summed E-state index contributed by atoms with van der Waals surface area (Å²) < 4.78 is 62.8. The summed E-state index contributed by atoms with van der Waals surface area (Å²) in [6.07, 6.45) is -1.39. The molecule has 2 aliphatic rings. The van der Waals surface area contributed by atoms with Gasteiger partial charge in [-0.1, -0.05) is 24.6 Å². The maximum absolute atomic E-state index is 12.8. The first-order chi connectivity index (χ1) is 11.1. The van der Waals surface area contributed by atoms with E-state index in [2.05, 4.69) is 0 Å². The van der Waals surface area contributed by atoms with Gasteiger partial charge in [0.2, 0.25) is 0 Å². The van der Waals surface area contributed by atoms with E-state index in [0.717, 1.165) is 18.6 Å². The van der Waals surface area contributed by atoms with Crippen molar-refractivity contribution in [1.29, 1.82) is 0 Å². The molecule has 7 heteroatoms. The number of hydrogen-bond donors (Lipinski definition) is 1. The molecular formula is C17H21F3O3S. The fourth-order valence-corrected chi connectivity index (χ4v) is 6.65. The van der Waals surface area contributed by atoms with Crippen molar-refractivity contribution in [2.45, 2.75) is 67.2 Å². The molecule has 2 fully saturated rings. The van der Waals surface area contributed by atoms with Crippen molar-refractivity contribution in [3.63, 3.8) is 0 Å². The normalized spacial score (nSPS) is 32.5. The fourth-order valence-electron chi connectivity index (χ4n) is 4.03. The first-order valence-electron chi connectivity index (χ1n) is 8.21. The minimum Gasteiger partial charge on any atom is -0.390 e. The molecule has 2 atom stereocenters. The zero-order valence-corrected chi connectivity index (χ0v) is 14.0. The fraction of sp³-hybridized carbons (Fsp3) is 0.647. The number of alkyl halides is 3. The highest BCUT2D eigenvalue weighted by Crippen LogP contribution is 2.43. The molecule has 0 amide bonds. The predicted octanol–water partition coefficient (Wildman–Crippen LogP) is 3.50. The monoisotopic (exact) mass is 362 g/mol. The number of hydrogen-bond acceptors (Lipinski definition) is 3. The Labute approximate surface area is 139 Å². The Bertz CT molecular complexity index is 692. The number of fused-ring (bicyclic) bond motifs is 2. The predicted molar refractivity (Wildman–Crippen MR) is 84.3 cm³/mol. The highest BCUT2D eigenvalue weighted by atomic mass is 32.2. The molecule has 0 spiro atoms. The molecule has 3 nitrogen and oxygen atoms in total. The lowest BCUT2D eigenvalue weighted by molar-refractivity contribution is -0.137. The van der Waals surface area contributed by atoms with E-state index in [1.807, 2.05) is 0 Å². The second-order valence-electron chi connectivity index (χ2n) is 7.09. The first kappa shape index (κ1) is 17.7. The molecule has 0 saturated carbocycles. The largest absolute Gasteiger partial charge is 0.416 e. The van der Waals surface area contributed by atoms with E-state index < -0.39 is 37.7 Å². The van der Waals surface area contributed by atoms with E-state index in [4.69, 9.17) is 0 Å². The lowest BCUT2D eigenvalue weighted by Gasteiger charge is -2.44. The second kappa shape index (κ2) is 6.02. The average Bonchev–Trinajstić information content (AvgIpc) is 2.47. The number of aliphatic hydroxyl groups is 1. The van der Waals surface area contributed by atoms with Gasteiger partial charge in [0, 0.05) is 0 Å². The molecule has 0 radical (unpaired) electrons. The third-order valence-electron chi connectivity index (χ3n) is 5.33. The van der Waals surface area contributed by atoms with Crippen LogP contribution in [0.1, 0.15) is 49.7 Å². The lowest BCUT2D eigenvalue weighted by atomic mass is 9.81. The molecule has 2 aliphatic heterocycles. The van der Waals surface area contributed by atoms with Gasteiger partial charge in [-0.05, 0) is 50.2 Å². The molecule has 1 aromatic carbocycles. The maximum atomic E-state index is 12.8. The third-order valence-corrected chi connectivity index (χ3v) is 7.99. The van der Waals surface area contributed by atoms with Gasteiger partial charge in [-0.2, -0.15) is 13.2 Å². The zero-order chi connectivity index (χ0) is 17.6. The molecule has 2 saturated heterocycles. The standard InChI is InChI=1S/C17H21F3O3S/c18-17(19,20)13-4-1-3-12(9-13)7-8-16(21)10-14-5-2-6-15(11-16)24(14,22)23/h1,3-4,9,14-15,21H,2,5-8,10-11H2. The van der Waals surface area contributed by atoms with Gasteiger partial charge >= 0.3 is 6.18 Å². The van der Waals surface area contributed by atoms with Gasteiger partial charge in [-0.3, -0.25) is 0 Å². The van der Waals surface area contributed by atoms with Crippen molar-refractivity contribution in [3.05, 3.63) is 35.4 Å². The third kappa shape index (κ3) is 3.47. The Morgan fingerprint density at radius 2 is 1.79 bits per heavy atom. The quantitative estimate of drug-likeness (QED) is 0.895. The molecule has 1 N–H and O–H groups in total. The second-order valence-corrected chi connectivity index (χ2v) is 9.61. The molecule has 0 aliphatic carbocycles. The van der Waals surface area contributed by atoms with Gasteiger partial charge < -0.3 is 5.11 Å². The molecule has 0 aromatic heterocycles. The lowest BCUT2D eigenvalue weighted by Crippen LogP contribution is -2.51. The summed E-state index contributed by atoms with van der Waals surface area (Å²) in [6, 6.07) is 5.10. The molecule has 134 valence electrons. The van der Waals surface area contributed by atoms with Crippen LogP contribution in [-0.2, 0) is 22.4 Å². The van der Waals surface area contributed by atoms with Gasteiger partial charge in [0.25, 0.3) is 0 Å². The van der Waals surface area contributed by atoms with E-state index in [9.17, 15) is 26.7 Å². The summed E-state index contributed by atoms with van der Waals surface area (Å²) in [4.78, 5) is 0. The Balaban J connectivity index is 1.71. The summed E-state index contributed by atoms with van der Waals surface area (Å²) >= 11 is 0. The van der Waals surface area contributed by atoms with Crippen LogP contribution in [0.3, 0.4) is 0 Å². The molecule has 2 unspecified atom stereocenters. The van der Waals surface area contributed by atoms with E-state index in [-0.39, 0.29) is 19.3 Å². The molecular weight excluding hydrogens is 341 g/mol. The summed E-state index contributed by atoms with van der Waals surface area (Å²) in [7, 11) is -3.15. The van der Waals surface area contributed by atoms with Crippen LogP contribution in [-0.4, -0.2) is 29.6 Å². The summed E-state index contributed by atoms with van der Waals surface area (Å²) in [5.74, 6) is 0. The minimum atomic E-state index is -4.39. The summed E-state index contributed by atoms with van der Waals surface area (Å²) in [6.45, 7) is 0. The van der Waals surface area contributed by atoms with E-state index >= 15 is 0 Å². The first-order valence-corrected chi connectivity index (χ1v) is 9.82. The van der Waals surface area contributed by atoms with Crippen LogP contribution in [0.4, 0.5) is 13.2 Å². The SMILES string of the molecule is O=S1(=O)C2CCCC1CC(O)(CCc1cccc(C(F)(F)F)c1)C2. The molecule has 2 heterocycles. The van der Waals surface area contributed by atoms with Gasteiger partial charge in [0.05, 0.1) is 21.7 Å².